The zero-order valence-electron chi connectivity index (χ0n) is 11.5. The summed E-state index contributed by atoms with van der Waals surface area (Å²) in [5.74, 6) is 1.93. The van der Waals surface area contributed by atoms with Gasteiger partial charge in [-0.05, 0) is 37.8 Å². The highest BCUT2D eigenvalue weighted by atomic mass is 35.5. The molecule has 20 heavy (non-hydrogen) atoms. The van der Waals surface area contributed by atoms with Gasteiger partial charge in [-0.1, -0.05) is 0 Å². The summed E-state index contributed by atoms with van der Waals surface area (Å²) in [5, 5.41) is 0.223. The van der Waals surface area contributed by atoms with E-state index in [-0.39, 0.29) is 5.28 Å². The van der Waals surface area contributed by atoms with Gasteiger partial charge in [0.2, 0.25) is 17.1 Å². The third kappa shape index (κ3) is 2.60. The van der Waals surface area contributed by atoms with Crippen molar-refractivity contribution in [2.75, 3.05) is 18.0 Å². The van der Waals surface area contributed by atoms with E-state index in [0.717, 1.165) is 25.5 Å². The lowest BCUT2D eigenvalue weighted by molar-refractivity contribution is 0.567. The Morgan fingerprint density at radius 3 is 2.70 bits per heavy atom. The van der Waals surface area contributed by atoms with E-state index in [9.17, 15) is 0 Å². The fourth-order valence-corrected chi connectivity index (χ4v) is 2.60. The zero-order chi connectivity index (χ0) is 13.9. The maximum atomic E-state index is 6.06. The highest BCUT2D eigenvalue weighted by Crippen LogP contribution is 2.21. The predicted octanol–water partition coefficient (Wildman–Crippen LogP) is 2.40. The zero-order valence-corrected chi connectivity index (χ0v) is 12.2. The summed E-state index contributed by atoms with van der Waals surface area (Å²) in [4.78, 5) is 19.5. The number of piperidine rings is 1. The predicted molar refractivity (Wildman–Crippen MR) is 77.8 cm³/mol. The number of nitrogens with zero attached hydrogens (tertiary/aromatic N) is 6. The third-order valence-electron chi connectivity index (χ3n) is 3.49. The molecule has 0 unspecified atom stereocenters. The molecule has 0 spiro atoms. The third-order valence-corrected chi connectivity index (χ3v) is 3.66. The minimum Gasteiger partial charge on any atom is -0.341 e. The number of imidazole rings is 1. The summed E-state index contributed by atoms with van der Waals surface area (Å²) < 4.78 is 1.99. The molecule has 6 nitrogen and oxygen atoms in total. The topological polar surface area (TPSA) is 59.7 Å². The second-order valence-corrected chi connectivity index (χ2v) is 5.15. The molecular formula is C13H17ClN6. The number of hydrogen-bond acceptors (Lipinski definition) is 5. The molecule has 1 fully saturated rings. The number of aryl methyl sites for hydroxylation is 1. The van der Waals surface area contributed by atoms with Crippen LogP contribution in [-0.2, 0) is 6.54 Å². The van der Waals surface area contributed by atoms with E-state index in [1.165, 1.54) is 19.3 Å². The first kappa shape index (κ1) is 13.3. The molecule has 0 atom stereocenters. The maximum Gasteiger partial charge on any atom is 0.230 e. The lowest BCUT2D eigenvalue weighted by Gasteiger charge is -2.26. The van der Waals surface area contributed by atoms with Crippen molar-refractivity contribution in [3.63, 3.8) is 0 Å². The van der Waals surface area contributed by atoms with Gasteiger partial charge in [-0.15, -0.1) is 0 Å². The Morgan fingerprint density at radius 2 is 1.95 bits per heavy atom. The molecule has 0 aliphatic carbocycles. The summed E-state index contributed by atoms with van der Waals surface area (Å²) >= 11 is 6.06. The Hall–Kier alpha value is -1.69. The summed E-state index contributed by atoms with van der Waals surface area (Å²) in [7, 11) is 0. The van der Waals surface area contributed by atoms with E-state index in [4.69, 9.17) is 11.6 Å². The van der Waals surface area contributed by atoms with E-state index in [1.54, 1.807) is 6.20 Å². The average Bonchev–Trinajstić information content (AvgIpc) is 2.96. The van der Waals surface area contributed by atoms with E-state index in [0.29, 0.717) is 11.8 Å². The normalized spacial score (nSPS) is 15.6. The first-order valence-electron chi connectivity index (χ1n) is 6.96. The van der Waals surface area contributed by atoms with E-state index < -0.39 is 0 Å². The van der Waals surface area contributed by atoms with Crippen LogP contribution in [0.5, 0.6) is 0 Å². The van der Waals surface area contributed by atoms with Crippen LogP contribution < -0.4 is 4.90 Å². The van der Waals surface area contributed by atoms with Crippen LogP contribution in [0.4, 0.5) is 5.95 Å². The fourth-order valence-electron chi connectivity index (χ4n) is 2.45. The molecule has 3 rings (SSSR count). The molecule has 0 bridgehead atoms. The van der Waals surface area contributed by atoms with E-state index in [1.807, 2.05) is 10.8 Å². The van der Waals surface area contributed by atoms with Crippen molar-refractivity contribution in [2.45, 2.75) is 32.7 Å². The molecule has 1 aliphatic rings. The van der Waals surface area contributed by atoms with Crippen LogP contribution in [-0.4, -0.2) is 37.6 Å². The minimum absolute atomic E-state index is 0.223. The Morgan fingerprint density at radius 1 is 1.15 bits per heavy atom. The van der Waals surface area contributed by atoms with Crippen molar-refractivity contribution >= 4 is 17.5 Å². The number of anilines is 1. The Labute approximate surface area is 122 Å². The van der Waals surface area contributed by atoms with Gasteiger partial charge in [0.15, 0.2) is 5.82 Å². The van der Waals surface area contributed by atoms with Gasteiger partial charge >= 0.3 is 0 Å². The van der Waals surface area contributed by atoms with Crippen molar-refractivity contribution in [3.05, 3.63) is 17.7 Å². The van der Waals surface area contributed by atoms with Gasteiger partial charge in [0.05, 0.1) is 0 Å². The van der Waals surface area contributed by atoms with Crippen LogP contribution in [0.2, 0.25) is 5.28 Å². The Kier molecular flexibility index (Phi) is 3.82. The van der Waals surface area contributed by atoms with Crippen molar-refractivity contribution in [1.82, 2.24) is 24.5 Å². The largest absolute Gasteiger partial charge is 0.341 e. The van der Waals surface area contributed by atoms with E-state index in [2.05, 4.69) is 31.8 Å². The van der Waals surface area contributed by atoms with Crippen molar-refractivity contribution in [3.8, 4) is 11.6 Å². The Bertz CT molecular complexity index is 590. The molecule has 2 aromatic rings. The summed E-state index contributed by atoms with van der Waals surface area (Å²) in [6.07, 6.45) is 7.26. The SMILES string of the molecule is CCn1ccnc1-c1nc(Cl)nc(N2CCCCC2)n1. The van der Waals surface area contributed by atoms with Gasteiger partial charge < -0.3 is 9.47 Å². The first-order valence-corrected chi connectivity index (χ1v) is 7.33. The maximum absolute atomic E-state index is 6.06. The number of hydrogen-bond donors (Lipinski definition) is 0. The van der Waals surface area contributed by atoms with Crippen LogP contribution in [0.3, 0.4) is 0 Å². The highest BCUT2D eigenvalue weighted by molar-refractivity contribution is 6.28. The van der Waals surface area contributed by atoms with Gasteiger partial charge in [0, 0.05) is 32.0 Å². The lowest BCUT2D eigenvalue weighted by atomic mass is 10.1. The minimum atomic E-state index is 0.223. The molecule has 1 saturated heterocycles. The molecule has 0 saturated carbocycles. The van der Waals surface area contributed by atoms with Gasteiger partial charge in [0.1, 0.15) is 0 Å². The second kappa shape index (κ2) is 5.75. The molecule has 0 aromatic carbocycles. The average molecular weight is 293 g/mol. The number of aromatic nitrogens is 5. The first-order chi connectivity index (χ1) is 9.78. The standard InChI is InChI=1S/C13H17ClN6/c1-2-19-9-6-15-11(19)10-16-12(14)18-13(17-10)20-7-4-3-5-8-20/h6,9H,2-5,7-8H2,1H3. The number of halogens is 1. The smallest absolute Gasteiger partial charge is 0.230 e. The van der Waals surface area contributed by atoms with Crippen LogP contribution >= 0.6 is 11.6 Å². The van der Waals surface area contributed by atoms with Crippen LogP contribution in [0.25, 0.3) is 11.6 Å². The second-order valence-electron chi connectivity index (χ2n) is 4.81. The van der Waals surface area contributed by atoms with E-state index >= 15 is 0 Å². The molecule has 7 heteroatoms. The molecule has 0 amide bonds. The molecule has 0 N–H and O–H groups in total. The lowest BCUT2D eigenvalue weighted by Crippen LogP contribution is -2.31. The Balaban J connectivity index is 1.98. The van der Waals surface area contributed by atoms with Crippen molar-refractivity contribution in [2.24, 2.45) is 0 Å². The van der Waals surface area contributed by atoms with Crippen LogP contribution in [0.1, 0.15) is 26.2 Å². The molecular weight excluding hydrogens is 276 g/mol. The molecule has 106 valence electrons. The number of rotatable bonds is 3. The van der Waals surface area contributed by atoms with Crippen LogP contribution in [0.15, 0.2) is 12.4 Å². The highest BCUT2D eigenvalue weighted by Gasteiger charge is 2.18. The summed E-state index contributed by atoms with van der Waals surface area (Å²) in [6, 6.07) is 0. The molecule has 0 radical (unpaired) electrons. The van der Waals surface area contributed by atoms with Gasteiger partial charge in [-0.2, -0.15) is 15.0 Å². The van der Waals surface area contributed by atoms with Crippen LogP contribution in [0, 0.1) is 0 Å². The summed E-state index contributed by atoms with van der Waals surface area (Å²) in [5.41, 5.74) is 0. The quantitative estimate of drug-likeness (QED) is 0.869. The van der Waals surface area contributed by atoms with Gasteiger partial charge in [-0.25, -0.2) is 4.98 Å². The molecule has 3 heterocycles. The van der Waals surface area contributed by atoms with Crippen molar-refractivity contribution < 1.29 is 0 Å². The molecule has 1 aliphatic heterocycles. The van der Waals surface area contributed by atoms with Gasteiger partial charge in [0.25, 0.3) is 0 Å². The monoisotopic (exact) mass is 292 g/mol. The van der Waals surface area contributed by atoms with Crippen molar-refractivity contribution in [1.29, 1.82) is 0 Å². The fraction of sp³-hybridized carbons (Fsp3) is 0.538. The van der Waals surface area contributed by atoms with Gasteiger partial charge in [-0.3, -0.25) is 0 Å². The summed E-state index contributed by atoms with van der Waals surface area (Å²) in [6.45, 7) is 4.82. The molecule has 2 aromatic heterocycles.